The molecule has 0 atom stereocenters. The molecule has 122 valence electrons. The number of H-pyrrole nitrogens is 1. The first-order valence-corrected chi connectivity index (χ1v) is 7.47. The van der Waals surface area contributed by atoms with Gasteiger partial charge in [0.25, 0.3) is 11.5 Å². The molecule has 4 aromatic rings. The molecule has 2 aromatic heterocycles. The number of rotatable bonds is 3. The molecule has 0 fully saturated rings. The molecule has 0 saturated carbocycles. The number of nitrogens with one attached hydrogen (secondary N) is 2. The minimum atomic E-state index is -0.406. The number of nitrogens with zero attached hydrogens (tertiary/aromatic N) is 4. The van der Waals surface area contributed by atoms with Gasteiger partial charge in [0.2, 0.25) is 0 Å². The highest BCUT2D eigenvalue weighted by Gasteiger charge is 2.10. The van der Waals surface area contributed by atoms with Crippen LogP contribution in [-0.4, -0.2) is 31.1 Å². The smallest absolute Gasteiger partial charge is 0.272 e. The molecule has 1 amide bonds. The van der Waals surface area contributed by atoms with Gasteiger partial charge in [0.05, 0.1) is 5.69 Å². The number of pyridine rings is 1. The van der Waals surface area contributed by atoms with Crippen LogP contribution in [0, 0.1) is 0 Å². The topological polar surface area (TPSA) is 106 Å². The third-order valence-electron chi connectivity index (χ3n) is 3.72. The number of aromatic nitrogens is 5. The van der Waals surface area contributed by atoms with Gasteiger partial charge in [-0.15, -0.1) is 5.10 Å². The van der Waals surface area contributed by atoms with Gasteiger partial charge in [0, 0.05) is 11.1 Å². The summed E-state index contributed by atoms with van der Waals surface area (Å²) in [6, 6.07) is 15.8. The van der Waals surface area contributed by atoms with Gasteiger partial charge in [-0.3, -0.25) is 9.59 Å². The van der Waals surface area contributed by atoms with Crippen molar-refractivity contribution in [1.29, 1.82) is 0 Å². The van der Waals surface area contributed by atoms with Crippen LogP contribution in [0.2, 0.25) is 0 Å². The highest BCUT2D eigenvalue weighted by molar-refractivity contribution is 6.04. The maximum atomic E-state index is 12.5. The van der Waals surface area contributed by atoms with Gasteiger partial charge in [0.1, 0.15) is 12.0 Å². The van der Waals surface area contributed by atoms with Gasteiger partial charge >= 0.3 is 0 Å². The molecule has 0 radical (unpaired) electrons. The number of hydrogen-bond donors (Lipinski definition) is 2. The maximum absolute atomic E-state index is 12.5. The van der Waals surface area contributed by atoms with Crippen LogP contribution in [0.5, 0.6) is 0 Å². The lowest BCUT2D eigenvalue weighted by atomic mass is 10.1. The summed E-state index contributed by atoms with van der Waals surface area (Å²) in [5, 5.41) is 15.0. The maximum Gasteiger partial charge on any atom is 0.272 e. The van der Waals surface area contributed by atoms with Crippen molar-refractivity contribution in [2.75, 3.05) is 5.32 Å². The number of carbonyl (C=O) groups excluding carboxylic acids is 1. The zero-order valence-corrected chi connectivity index (χ0v) is 12.9. The fourth-order valence-corrected chi connectivity index (χ4v) is 2.54. The minimum Gasteiger partial charge on any atom is -0.321 e. The molecular weight excluding hydrogens is 320 g/mol. The molecule has 25 heavy (non-hydrogen) atoms. The lowest BCUT2D eigenvalue weighted by Crippen LogP contribution is -2.19. The van der Waals surface area contributed by atoms with Crippen LogP contribution in [0.1, 0.15) is 10.5 Å². The van der Waals surface area contributed by atoms with Crippen molar-refractivity contribution in [3.63, 3.8) is 0 Å². The van der Waals surface area contributed by atoms with Crippen molar-refractivity contribution in [2.45, 2.75) is 0 Å². The van der Waals surface area contributed by atoms with Crippen LogP contribution in [0.15, 0.2) is 65.7 Å². The Morgan fingerprint density at radius 1 is 1.08 bits per heavy atom. The molecule has 4 rings (SSSR count). The number of carbonyl (C=O) groups is 1. The summed E-state index contributed by atoms with van der Waals surface area (Å²) >= 11 is 0. The molecule has 2 aromatic carbocycles. The number of amides is 1. The van der Waals surface area contributed by atoms with E-state index in [0.29, 0.717) is 22.1 Å². The summed E-state index contributed by atoms with van der Waals surface area (Å²) in [7, 11) is 0. The average Bonchev–Trinajstić information content (AvgIpc) is 3.17. The second kappa shape index (κ2) is 6.00. The second-order valence-electron chi connectivity index (χ2n) is 5.36. The molecule has 2 N–H and O–H groups in total. The van der Waals surface area contributed by atoms with E-state index in [4.69, 9.17) is 0 Å². The third kappa shape index (κ3) is 2.88. The standard InChI is InChI=1S/C17H12N6O2/c24-16-14-7-2-1-4-11(14)8-15(20-16)17(25)19-12-5-3-6-13(9-12)23-10-18-21-22-23/h1-10H,(H,19,25)(H,20,24). The highest BCUT2D eigenvalue weighted by atomic mass is 16.2. The molecule has 2 heterocycles. The van der Waals surface area contributed by atoms with Gasteiger partial charge in [-0.2, -0.15) is 0 Å². The summed E-state index contributed by atoms with van der Waals surface area (Å²) in [6.45, 7) is 0. The van der Waals surface area contributed by atoms with Gasteiger partial charge in [-0.1, -0.05) is 24.3 Å². The number of tetrazole rings is 1. The number of benzene rings is 2. The van der Waals surface area contributed by atoms with E-state index in [1.807, 2.05) is 12.1 Å². The van der Waals surface area contributed by atoms with Gasteiger partial charge in [-0.05, 0) is 46.1 Å². The molecule has 0 spiro atoms. The number of aromatic amines is 1. The molecule has 0 saturated heterocycles. The summed E-state index contributed by atoms with van der Waals surface area (Å²) in [4.78, 5) is 27.2. The predicted molar refractivity (Wildman–Crippen MR) is 91.7 cm³/mol. The number of anilines is 1. The molecule has 0 unspecified atom stereocenters. The zero-order valence-electron chi connectivity index (χ0n) is 12.9. The van der Waals surface area contributed by atoms with E-state index in [9.17, 15) is 9.59 Å². The Morgan fingerprint density at radius 2 is 1.96 bits per heavy atom. The van der Waals surface area contributed by atoms with Crippen molar-refractivity contribution in [1.82, 2.24) is 25.2 Å². The minimum absolute atomic E-state index is 0.191. The van der Waals surface area contributed by atoms with Crippen LogP contribution in [0.3, 0.4) is 0 Å². The molecule has 0 aliphatic carbocycles. The zero-order chi connectivity index (χ0) is 17.2. The van der Waals surface area contributed by atoms with Crippen LogP contribution in [0.4, 0.5) is 5.69 Å². The summed E-state index contributed by atoms with van der Waals surface area (Å²) in [5.74, 6) is -0.406. The first-order chi connectivity index (χ1) is 12.2. The largest absolute Gasteiger partial charge is 0.321 e. The SMILES string of the molecule is O=C(Nc1cccc(-n2cnnn2)c1)c1cc2ccccc2c(=O)[nH]1. The Hall–Kier alpha value is -3.81. The van der Waals surface area contributed by atoms with E-state index in [2.05, 4.69) is 25.8 Å². The third-order valence-corrected chi connectivity index (χ3v) is 3.72. The highest BCUT2D eigenvalue weighted by Crippen LogP contribution is 2.15. The average molecular weight is 332 g/mol. The van der Waals surface area contributed by atoms with Crippen LogP contribution in [-0.2, 0) is 0 Å². The van der Waals surface area contributed by atoms with E-state index in [1.54, 1.807) is 42.5 Å². The summed E-state index contributed by atoms with van der Waals surface area (Å²) in [6.07, 6.45) is 1.46. The predicted octanol–water partition coefficient (Wildman–Crippen LogP) is 1.76. The molecule has 0 bridgehead atoms. The van der Waals surface area contributed by atoms with Crippen LogP contribution < -0.4 is 10.9 Å². The molecular formula is C17H12N6O2. The lowest BCUT2D eigenvalue weighted by Gasteiger charge is -2.08. The van der Waals surface area contributed by atoms with E-state index in [1.165, 1.54) is 11.0 Å². The van der Waals surface area contributed by atoms with Gasteiger partial charge in [0.15, 0.2) is 0 Å². The Kier molecular flexibility index (Phi) is 3.55. The van der Waals surface area contributed by atoms with Crippen molar-refractivity contribution in [2.24, 2.45) is 0 Å². The van der Waals surface area contributed by atoms with Crippen molar-refractivity contribution in [3.8, 4) is 5.69 Å². The Bertz CT molecular complexity index is 1120. The quantitative estimate of drug-likeness (QED) is 0.594. The van der Waals surface area contributed by atoms with Crippen LogP contribution >= 0.6 is 0 Å². The number of fused-ring (bicyclic) bond motifs is 1. The molecule has 0 aliphatic rings. The summed E-state index contributed by atoms with van der Waals surface area (Å²) < 4.78 is 1.48. The Balaban J connectivity index is 1.64. The van der Waals surface area contributed by atoms with Crippen molar-refractivity contribution < 1.29 is 4.79 Å². The molecule has 0 aliphatic heterocycles. The fourth-order valence-electron chi connectivity index (χ4n) is 2.54. The first-order valence-electron chi connectivity index (χ1n) is 7.47. The second-order valence-corrected chi connectivity index (χ2v) is 5.36. The van der Waals surface area contributed by atoms with Crippen molar-refractivity contribution >= 4 is 22.4 Å². The molecule has 8 heteroatoms. The van der Waals surface area contributed by atoms with E-state index in [0.717, 1.165) is 0 Å². The van der Waals surface area contributed by atoms with E-state index in [-0.39, 0.29) is 11.3 Å². The first kappa shape index (κ1) is 14.8. The van der Waals surface area contributed by atoms with Gasteiger partial charge < -0.3 is 10.3 Å². The fraction of sp³-hybridized carbons (Fsp3) is 0. The Morgan fingerprint density at radius 3 is 2.80 bits per heavy atom. The van der Waals surface area contributed by atoms with Gasteiger partial charge in [-0.25, -0.2) is 4.68 Å². The lowest BCUT2D eigenvalue weighted by molar-refractivity contribution is 0.102. The normalized spacial score (nSPS) is 10.7. The van der Waals surface area contributed by atoms with E-state index < -0.39 is 5.91 Å². The van der Waals surface area contributed by atoms with E-state index >= 15 is 0 Å². The van der Waals surface area contributed by atoms with Crippen molar-refractivity contribution in [3.05, 3.63) is 77.0 Å². The Labute approximate surface area is 141 Å². The monoisotopic (exact) mass is 332 g/mol. The van der Waals surface area contributed by atoms with Crippen LogP contribution in [0.25, 0.3) is 16.5 Å². The number of hydrogen-bond acceptors (Lipinski definition) is 5. The molecule has 8 nitrogen and oxygen atoms in total. The summed E-state index contributed by atoms with van der Waals surface area (Å²) in [5.41, 5.74) is 1.16.